The topological polar surface area (TPSA) is 79.9 Å². The fraction of sp³-hybridized carbons (Fsp3) is 0.316. The maximum Gasteiger partial charge on any atom is 0.379 e. The van der Waals surface area contributed by atoms with E-state index in [0.29, 0.717) is 10.6 Å². The molecule has 0 saturated carbocycles. The van der Waals surface area contributed by atoms with Gasteiger partial charge in [-0.1, -0.05) is 23.8 Å². The van der Waals surface area contributed by atoms with Crippen molar-refractivity contribution < 1.29 is 32.3 Å². The molecule has 6 nitrogen and oxygen atoms in total. The van der Waals surface area contributed by atoms with Crippen LogP contribution in [0.1, 0.15) is 24.1 Å². The van der Waals surface area contributed by atoms with Crippen molar-refractivity contribution in [3.63, 3.8) is 0 Å². The molecule has 2 unspecified atom stereocenters. The van der Waals surface area contributed by atoms with Crippen LogP contribution in [0.3, 0.4) is 0 Å². The molecule has 0 bridgehead atoms. The molecule has 1 heterocycles. The van der Waals surface area contributed by atoms with Crippen molar-refractivity contribution in [3.8, 4) is 11.5 Å². The SMILES string of the molecule is CCOC(=O)C(F)(F)C(N[S+]([O-])c1ccc(C)cc1)c1ccc2c(c1)OCO2. The summed E-state index contributed by atoms with van der Waals surface area (Å²) < 4.78 is 59.8. The molecular formula is C19H19F2NO5S. The van der Waals surface area contributed by atoms with Crippen LogP contribution in [0.4, 0.5) is 8.78 Å². The van der Waals surface area contributed by atoms with Gasteiger partial charge in [0.1, 0.15) is 0 Å². The summed E-state index contributed by atoms with van der Waals surface area (Å²) in [7, 11) is 0. The highest BCUT2D eigenvalue weighted by Crippen LogP contribution is 2.39. The summed E-state index contributed by atoms with van der Waals surface area (Å²) in [6.07, 6.45) is 0. The number of nitrogens with one attached hydrogen (secondary N) is 1. The number of halogens is 2. The average Bonchev–Trinajstić information content (AvgIpc) is 3.14. The van der Waals surface area contributed by atoms with Gasteiger partial charge < -0.3 is 18.8 Å². The van der Waals surface area contributed by atoms with Gasteiger partial charge in [0.05, 0.1) is 18.0 Å². The molecule has 0 aliphatic carbocycles. The molecule has 2 aromatic rings. The lowest BCUT2D eigenvalue weighted by atomic mass is 10.0. The van der Waals surface area contributed by atoms with Crippen LogP contribution < -0.4 is 14.2 Å². The molecular weight excluding hydrogens is 392 g/mol. The van der Waals surface area contributed by atoms with E-state index in [0.717, 1.165) is 5.56 Å². The van der Waals surface area contributed by atoms with Crippen LogP contribution >= 0.6 is 0 Å². The van der Waals surface area contributed by atoms with Gasteiger partial charge in [0.25, 0.3) is 0 Å². The maximum absolute atomic E-state index is 14.9. The summed E-state index contributed by atoms with van der Waals surface area (Å²) in [5, 5.41) is 0. The number of carbonyl (C=O) groups is 1. The minimum absolute atomic E-state index is 0.0164. The first kappa shape index (κ1) is 20.4. The predicted molar refractivity (Wildman–Crippen MR) is 97.6 cm³/mol. The molecule has 1 N–H and O–H groups in total. The number of fused-ring (bicyclic) bond motifs is 1. The summed E-state index contributed by atoms with van der Waals surface area (Å²) in [5.74, 6) is -5.00. The van der Waals surface area contributed by atoms with Gasteiger partial charge >= 0.3 is 11.9 Å². The van der Waals surface area contributed by atoms with E-state index < -0.39 is 29.3 Å². The Hall–Kier alpha value is -2.36. The second-order valence-corrected chi connectivity index (χ2v) is 7.33. The Labute approximate surface area is 164 Å². The van der Waals surface area contributed by atoms with Crippen molar-refractivity contribution in [3.05, 3.63) is 53.6 Å². The Balaban J connectivity index is 1.94. The van der Waals surface area contributed by atoms with Gasteiger partial charge in [-0.3, -0.25) is 0 Å². The highest BCUT2D eigenvalue weighted by molar-refractivity contribution is 7.89. The number of esters is 1. The summed E-state index contributed by atoms with van der Waals surface area (Å²) in [4.78, 5) is 12.2. The van der Waals surface area contributed by atoms with Crippen molar-refractivity contribution >= 4 is 17.3 Å². The van der Waals surface area contributed by atoms with Gasteiger partial charge in [-0.2, -0.15) is 8.78 Å². The average molecular weight is 411 g/mol. The summed E-state index contributed by atoms with van der Waals surface area (Å²) in [6, 6.07) is 8.83. The third-order valence-corrected chi connectivity index (χ3v) is 5.25. The standard InChI is InChI=1S/C19H19F2NO5S/c1-3-25-18(23)19(20,21)17(13-6-9-15-16(10-13)27-11-26-15)22-28(24)14-7-4-12(2)5-8-14/h4-10,17,22H,3,11H2,1-2H3. The maximum atomic E-state index is 14.9. The number of carbonyl (C=O) groups excluding carboxylic acids is 1. The van der Waals surface area contributed by atoms with E-state index in [1.54, 1.807) is 24.3 Å². The first-order valence-electron chi connectivity index (χ1n) is 8.52. The molecule has 0 saturated heterocycles. The number of hydrogen-bond donors (Lipinski definition) is 1. The summed E-state index contributed by atoms with van der Waals surface area (Å²) in [6.45, 7) is 3.05. The van der Waals surface area contributed by atoms with E-state index in [1.165, 1.54) is 25.1 Å². The third kappa shape index (κ3) is 4.21. The summed E-state index contributed by atoms with van der Waals surface area (Å²) >= 11 is -2.00. The fourth-order valence-electron chi connectivity index (χ4n) is 2.63. The van der Waals surface area contributed by atoms with E-state index in [1.807, 2.05) is 6.92 Å². The molecule has 1 aliphatic rings. The normalized spacial score (nSPS) is 15.2. The van der Waals surface area contributed by atoms with Gasteiger partial charge in [-0.25, -0.2) is 4.79 Å². The Morgan fingerprint density at radius 3 is 2.61 bits per heavy atom. The van der Waals surface area contributed by atoms with Crippen LogP contribution in [0.15, 0.2) is 47.4 Å². The monoisotopic (exact) mass is 411 g/mol. The molecule has 1 aliphatic heterocycles. The molecule has 150 valence electrons. The Morgan fingerprint density at radius 1 is 1.25 bits per heavy atom. The van der Waals surface area contributed by atoms with Crippen molar-refractivity contribution in [2.24, 2.45) is 0 Å². The van der Waals surface area contributed by atoms with E-state index in [4.69, 9.17) is 9.47 Å². The van der Waals surface area contributed by atoms with Crippen LogP contribution in [-0.2, 0) is 20.9 Å². The number of benzene rings is 2. The molecule has 2 atom stereocenters. The van der Waals surface area contributed by atoms with Crippen LogP contribution in [0.25, 0.3) is 0 Å². The summed E-state index contributed by atoms with van der Waals surface area (Å²) in [5.41, 5.74) is 0.952. The number of alkyl halides is 2. The second-order valence-electron chi connectivity index (χ2n) is 6.09. The lowest BCUT2D eigenvalue weighted by molar-refractivity contribution is -0.175. The van der Waals surface area contributed by atoms with Crippen LogP contribution in [-0.4, -0.2) is 29.8 Å². The zero-order chi connectivity index (χ0) is 20.3. The minimum atomic E-state index is -3.97. The number of hydrogen-bond acceptors (Lipinski definition) is 6. The molecule has 0 radical (unpaired) electrons. The highest BCUT2D eigenvalue weighted by atomic mass is 32.2. The first-order valence-corrected chi connectivity index (χ1v) is 9.67. The first-order chi connectivity index (χ1) is 13.3. The van der Waals surface area contributed by atoms with E-state index in [2.05, 4.69) is 9.46 Å². The van der Waals surface area contributed by atoms with Gasteiger partial charge in [-0.05, 0) is 43.7 Å². The number of rotatable bonds is 7. The van der Waals surface area contributed by atoms with Crippen molar-refractivity contribution in [1.82, 2.24) is 4.72 Å². The zero-order valence-electron chi connectivity index (χ0n) is 15.2. The number of aryl methyl sites for hydroxylation is 1. The van der Waals surface area contributed by atoms with Gasteiger partial charge in [0.2, 0.25) is 6.79 Å². The second kappa shape index (κ2) is 8.34. The molecule has 28 heavy (non-hydrogen) atoms. The van der Waals surface area contributed by atoms with Crippen molar-refractivity contribution in [2.45, 2.75) is 30.7 Å². The lowest BCUT2D eigenvalue weighted by Crippen LogP contribution is -2.46. The quantitative estimate of drug-likeness (QED) is 0.556. The van der Waals surface area contributed by atoms with Gasteiger partial charge in [0.15, 0.2) is 22.4 Å². The van der Waals surface area contributed by atoms with E-state index in [-0.39, 0.29) is 24.7 Å². The number of ether oxygens (including phenoxy) is 3. The lowest BCUT2D eigenvalue weighted by Gasteiger charge is -2.26. The molecule has 0 aromatic heterocycles. The van der Waals surface area contributed by atoms with Crippen molar-refractivity contribution in [2.75, 3.05) is 13.4 Å². The van der Waals surface area contributed by atoms with Gasteiger partial charge in [0, 0.05) is 0 Å². The minimum Gasteiger partial charge on any atom is -0.593 e. The fourth-order valence-corrected chi connectivity index (χ4v) is 3.64. The Bertz CT molecular complexity index is 847. The van der Waals surface area contributed by atoms with Crippen molar-refractivity contribution in [1.29, 1.82) is 0 Å². The molecule has 0 fully saturated rings. The molecule has 2 aromatic carbocycles. The molecule has 9 heteroatoms. The Kier molecular flexibility index (Phi) is 6.07. The largest absolute Gasteiger partial charge is 0.593 e. The zero-order valence-corrected chi connectivity index (χ0v) is 16.1. The molecule has 0 spiro atoms. The van der Waals surface area contributed by atoms with Crippen LogP contribution in [0.2, 0.25) is 0 Å². The van der Waals surface area contributed by atoms with E-state index in [9.17, 15) is 18.1 Å². The smallest absolute Gasteiger partial charge is 0.379 e. The third-order valence-electron chi connectivity index (χ3n) is 4.10. The molecule has 0 amide bonds. The molecule has 3 rings (SSSR count). The van der Waals surface area contributed by atoms with Crippen LogP contribution in [0.5, 0.6) is 11.5 Å². The highest BCUT2D eigenvalue weighted by Gasteiger charge is 2.52. The van der Waals surface area contributed by atoms with Crippen LogP contribution in [0, 0.1) is 6.92 Å². The Morgan fingerprint density at radius 2 is 1.93 bits per heavy atom. The van der Waals surface area contributed by atoms with E-state index >= 15 is 0 Å². The van der Waals surface area contributed by atoms with Gasteiger partial charge in [-0.15, -0.1) is 4.72 Å². The predicted octanol–water partition coefficient (Wildman–Crippen LogP) is 3.28.